The van der Waals surface area contributed by atoms with Gasteiger partial charge in [-0.1, -0.05) is 6.07 Å². The molecule has 0 radical (unpaired) electrons. The van der Waals surface area contributed by atoms with Crippen molar-refractivity contribution in [2.24, 2.45) is 0 Å². The number of anilines is 1. The Morgan fingerprint density at radius 1 is 1.29 bits per heavy atom. The summed E-state index contributed by atoms with van der Waals surface area (Å²) in [5.74, 6) is -0.0834. The lowest BCUT2D eigenvalue weighted by molar-refractivity contribution is -0.116. The van der Waals surface area contributed by atoms with Crippen LogP contribution in [0.25, 0.3) is 11.1 Å². The molecule has 0 aliphatic rings. The van der Waals surface area contributed by atoms with E-state index in [1.54, 1.807) is 45.0 Å². The minimum atomic E-state index is -0.449. The second-order valence-corrected chi connectivity index (χ2v) is 6.31. The Morgan fingerprint density at radius 3 is 2.82 bits per heavy atom. The number of benzene rings is 1. The molecule has 0 aliphatic heterocycles. The van der Waals surface area contributed by atoms with Gasteiger partial charge in [-0.2, -0.15) is 0 Å². The van der Waals surface area contributed by atoms with Crippen molar-refractivity contribution < 1.29 is 18.7 Å². The lowest BCUT2D eigenvalue weighted by atomic mass is 10.2. The Morgan fingerprint density at radius 2 is 2.07 bits per heavy atom. The number of carbonyl (C=O) groups is 2. The first-order valence-electron chi connectivity index (χ1n) is 8.93. The van der Waals surface area contributed by atoms with Gasteiger partial charge in [0.25, 0.3) is 5.56 Å². The Labute approximate surface area is 161 Å². The summed E-state index contributed by atoms with van der Waals surface area (Å²) in [5.41, 5.74) is 1.66. The zero-order valence-corrected chi connectivity index (χ0v) is 15.9. The van der Waals surface area contributed by atoms with Gasteiger partial charge < -0.3 is 14.5 Å². The van der Waals surface area contributed by atoms with E-state index < -0.39 is 5.97 Å². The lowest BCUT2D eigenvalue weighted by Crippen LogP contribution is -2.23. The predicted octanol–water partition coefficient (Wildman–Crippen LogP) is 2.81. The van der Waals surface area contributed by atoms with Crippen molar-refractivity contribution in [2.75, 3.05) is 11.9 Å². The van der Waals surface area contributed by atoms with Gasteiger partial charge in [0.1, 0.15) is 17.5 Å². The third kappa shape index (κ3) is 3.95. The number of rotatable bonds is 6. The van der Waals surface area contributed by atoms with Gasteiger partial charge in [0.15, 0.2) is 0 Å². The van der Waals surface area contributed by atoms with Gasteiger partial charge in [-0.15, -0.1) is 0 Å². The zero-order chi connectivity index (χ0) is 20.3. The zero-order valence-electron chi connectivity index (χ0n) is 15.9. The standard InChI is InChI=1S/C20H21N3O5/c1-4-27-20(26)14-6-5-7-15(10-14)22-16(24)8-9-23-11-21-18-17(19(23)25)12(2)13(3)28-18/h5-7,10-11H,4,8-9H2,1-3H3,(H,22,24). The number of hydrogen-bond donors (Lipinski definition) is 1. The first kappa shape index (κ1) is 19.3. The van der Waals surface area contributed by atoms with E-state index in [1.807, 2.05) is 0 Å². The van der Waals surface area contributed by atoms with Crippen LogP contribution in [0.2, 0.25) is 0 Å². The highest BCUT2D eigenvalue weighted by Crippen LogP contribution is 2.19. The van der Waals surface area contributed by atoms with Gasteiger partial charge in [-0.3, -0.25) is 14.2 Å². The van der Waals surface area contributed by atoms with Crippen LogP contribution in [-0.4, -0.2) is 28.0 Å². The summed E-state index contributed by atoms with van der Waals surface area (Å²) in [6, 6.07) is 6.50. The van der Waals surface area contributed by atoms with Crippen LogP contribution in [0.15, 0.2) is 39.8 Å². The molecule has 1 N–H and O–H groups in total. The third-order valence-corrected chi connectivity index (χ3v) is 4.39. The fraction of sp³-hybridized carbons (Fsp3) is 0.300. The second kappa shape index (κ2) is 8.08. The van der Waals surface area contributed by atoms with Crippen LogP contribution < -0.4 is 10.9 Å². The molecule has 28 heavy (non-hydrogen) atoms. The Bertz CT molecular complexity index is 1100. The van der Waals surface area contributed by atoms with Crippen LogP contribution in [-0.2, 0) is 16.1 Å². The largest absolute Gasteiger partial charge is 0.462 e. The third-order valence-electron chi connectivity index (χ3n) is 4.39. The number of ether oxygens (including phenoxy) is 1. The average molecular weight is 383 g/mol. The molecule has 0 saturated heterocycles. The monoisotopic (exact) mass is 383 g/mol. The summed E-state index contributed by atoms with van der Waals surface area (Å²) in [5, 5.41) is 3.15. The summed E-state index contributed by atoms with van der Waals surface area (Å²) >= 11 is 0. The maximum absolute atomic E-state index is 12.6. The van der Waals surface area contributed by atoms with E-state index in [0.717, 1.165) is 5.56 Å². The summed E-state index contributed by atoms with van der Waals surface area (Å²) in [6.07, 6.45) is 1.45. The molecule has 8 nitrogen and oxygen atoms in total. The summed E-state index contributed by atoms with van der Waals surface area (Å²) in [4.78, 5) is 40.8. The molecule has 0 aliphatic carbocycles. The summed E-state index contributed by atoms with van der Waals surface area (Å²) in [7, 11) is 0. The van der Waals surface area contributed by atoms with Crippen LogP contribution in [0.4, 0.5) is 5.69 Å². The van der Waals surface area contributed by atoms with Gasteiger partial charge in [-0.05, 0) is 39.0 Å². The Balaban J connectivity index is 1.68. The van der Waals surface area contributed by atoms with E-state index in [9.17, 15) is 14.4 Å². The van der Waals surface area contributed by atoms with E-state index >= 15 is 0 Å². The SMILES string of the molecule is CCOC(=O)c1cccc(NC(=O)CCn2cnc3oc(C)c(C)c3c2=O)c1. The first-order valence-corrected chi connectivity index (χ1v) is 8.93. The van der Waals surface area contributed by atoms with Crippen LogP contribution >= 0.6 is 0 Å². The fourth-order valence-corrected chi connectivity index (χ4v) is 2.81. The number of fused-ring (bicyclic) bond motifs is 1. The normalized spacial score (nSPS) is 10.8. The molecule has 3 rings (SSSR count). The number of furan rings is 1. The molecule has 8 heteroatoms. The van der Waals surface area contributed by atoms with E-state index in [-0.39, 0.29) is 31.0 Å². The van der Waals surface area contributed by atoms with Crippen molar-refractivity contribution in [3.05, 3.63) is 57.8 Å². The highest BCUT2D eigenvalue weighted by Gasteiger charge is 2.14. The molecule has 0 fully saturated rings. The van der Waals surface area contributed by atoms with Crippen molar-refractivity contribution >= 4 is 28.7 Å². The predicted molar refractivity (Wildman–Crippen MR) is 103 cm³/mol. The topological polar surface area (TPSA) is 103 Å². The number of amides is 1. The van der Waals surface area contributed by atoms with Crippen molar-refractivity contribution in [2.45, 2.75) is 33.7 Å². The highest BCUT2D eigenvalue weighted by atomic mass is 16.5. The van der Waals surface area contributed by atoms with E-state index in [1.165, 1.54) is 10.9 Å². The molecule has 2 aromatic heterocycles. The number of aryl methyl sites for hydroxylation is 3. The van der Waals surface area contributed by atoms with Gasteiger partial charge in [0.05, 0.1) is 12.2 Å². The number of carbonyl (C=O) groups excluding carboxylic acids is 2. The molecule has 146 valence electrons. The molecule has 1 amide bonds. The van der Waals surface area contributed by atoms with Gasteiger partial charge >= 0.3 is 5.97 Å². The fourth-order valence-electron chi connectivity index (χ4n) is 2.81. The molecule has 0 bridgehead atoms. The molecule has 3 aromatic rings. The number of nitrogens with one attached hydrogen (secondary N) is 1. The quantitative estimate of drug-likeness (QED) is 0.657. The minimum Gasteiger partial charge on any atom is -0.462 e. The van der Waals surface area contributed by atoms with Crippen molar-refractivity contribution in [3.63, 3.8) is 0 Å². The average Bonchev–Trinajstić information content (AvgIpc) is 2.96. The molecular formula is C20H21N3O5. The van der Waals surface area contributed by atoms with E-state index in [0.29, 0.717) is 28.1 Å². The molecule has 0 spiro atoms. The van der Waals surface area contributed by atoms with E-state index in [2.05, 4.69) is 10.3 Å². The van der Waals surface area contributed by atoms with Crippen LogP contribution in [0.5, 0.6) is 0 Å². The number of esters is 1. The summed E-state index contributed by atoms with van der Waals surface area (Å²) < 4.78 is 11.8. The Kier molecular flexibility index (Phi) is 5.58. The number of hydrogen-bond acceptors (Lipinski definition) is 6. The van der Waals surface area contributed by atoms with Crippen LogP contribution in [0.3, 0.4) is 0 Å². The maximum atomic E-state index is 12.6. The molecule has 2 heterocycles. The lowest BCUT2D eigenvalue weighted by Gasteiger charge is -2.08. The minimum absolute atomic E-state index is 0.0760. The van der Waals surface area contributed by atoms with Gasteiger partial charge in [0, 0.05) is 24.2 Å². The van der Waals surface area contributed by atoms with Crippen molar-refractivity contribution in [3.8, 4) is 0 Å². The highest BCUT2D eigenvalue weighted by molar-refractivity contribution is 5.94. The van der Waals surface area contributed by atoms with Crippen molar-refractivity contribution in [1.29, 1.82) is 0 Å². The van der Waals surface area contributed by atoms with Gasteiger partial charge in [0.2, 0.25) is 11.6 Å². The summed E-state index contributed by atoms with van der Waals surface area (Å²) in [6.45, 7) is 5.76. The Hall–Kier alpha value is -3.42. The molecule has 1 aromatic carbocycles. The molecule has 0 atom stereocenters. The first-order chi connectivity index (χ1) is 13.4. The van der Waals surface area contributed by atoms with Gasteiger partial charge in [-0.25, -0.2) is 9.78 Å². The molecule has 0 saturated carbocycles. The number of nitrogens with zero attached hydrogens (tertiary/aromatic N) is 2. The second-order valence-electron chi connectivity index (χ2n) is 6.31. The van der Waals surface area contributed by atoms with Crippen molar-refractivity contribution in [1.82, 2.24) is 9.55 Å². The molecular weight excluding hydrogens is 362 g/mol. The van der Waals surface area contributed by atoms with E-state index in [4.69, 9.17) is 9.15 Å². The number of aromatic nitrogens is 2. The van der Waals surface area contributed by atoms with Crippen LogP contribution in [0.1, 0.15) is 35.0 Å². The smallest absolute Gasteiger partial charge is 0.338 e. The maximum Gasteiger partial charge on any atom is 0.338 e. The molecule has 0 unspecified atom stereocenters. The van der Waals surface area contributed by atoms with Crippen LogP contribution in [0, 0.1) is 13.8 Å².